The second-order valence-corrected chi connectivity index (χ2v) is 9.13. The molecule has 2 N–H and O–H groups in total. The summed E-state index contributed by atoms with van der Waals surface area (Å²) in [7, 11) is -0.665. The van der Waals surface area contributed by atoms with E-state index in [4.69, 9.17) is 11.6 Å². The molecule has 166 valence electrons. The van der Waals surface area contributed by atoms with Crippen LogP contribution in [-0.2, 0) is 24.1 Å². The molecule has 0 radical (unpaired) electrons. The summed E-state index contributed by atoms with van der Waals surface area (Å²) in [6.07, 6.45) is 1.28. The molecule has 12 heteroatoms. The Morgan fingerprint density at radius 1 is 1.12 bits per heavy atom. The summed E-state index contributed by atoms with van der Waals surface area (Å²) < 4.78 is 44.1. The molecule has 4 aromatic rings. The van der Waals surface area contributed by atoms with Crippen LogP contribution < -0.4 is 10.0 Å². The fourth-order valence-electron chi connectivity index (χ4n) is 3.24. The van der Waals surface area contributed by atoms with Crippen molar-refractivity contribution in [1.29, 1.82) is 0 Å². The van der Waals surface area contributed by atoms with Crippen LogP contribution in [0, 0.1) is 12.7 Å². The second kappa shape index (κ2) is 7.92. The summed E-state index contributed by atoms with van der Waals surface area (Å²) in [5.41, 5.74) is 1.27. The van der Waals surface area contributed by atoms with Crippen molar-refractivity contribution in [2.45, 2.75) is 11.9 Å². The van der Waals surface area contributed by atoms with Crippen LogP contribution >= 0.6 is 11.6 Å². The maximum atomic E-state index is 13.4. The van der Waals surface area contributed by atoms with E-state index in [0.717, 1.165) is 6.07 Å². The van der Waals surface area contributed by atoms with Crippen molar-refractivity contribution in [1.82, 2.24) is 19.3 Å². The molecule has 9 nitrogen and oxygen atoms in total. The van der Waals surface area contributed by atoms with E-state index in [1.165, 1.54) is 39.7 Å². The number of imidazole rings is 1. The van der Waals surface area contributed by atoms with Gasteiger partial charge in [0.05, 0.1) is 22.4 Å². The van der Waals surface area contributed by atoms with Gasteiger partial charge in [-0.25, -0.2) is 9.37 Å². The number of fused-ring (bicyclic) bond motifs is 1. The maximum Gasteiger partial charge on any atom is 0.279 e. The van der Waals surface area contributed by atoms with Crippen molar-refractivity contribution in [2.75, 3.05) is 10.0 Å². The van der Waals surface area contributed by atoms with Crippen LogP contribution in [0.2, 0.25) is 5.02 Å². The minimum atomic E-state index is -3.87. The lowest BCUT2D eigenvalue weighted by Gasteiger charge is -2.09. The zero-order valence-electron chi connectivity index (χ0n) is 17.2. The molecule has 0 fully saturated rings. The van der Waals surface area contributed by atoms with Crippen LogP contribution in [0.4, 0.5) is 15.8 Å². The number of carbonyl (C=O) groups excluding carboxylic acids is 1. The first-order valence-electron chi connectivity index (χ1n) is 9.31. The molecular weight excluding hydrogens is 459 g/mol. The van der Waals surface area contributed by atoms with E-state index in [2.05, 4.69) is 20.1 Å². The molecule has 0 saturated heterocycles. The molecule has 0 saturated carbocycles. The predicted molar refractivity (Wildman–Crippen MR) is 119 cm³/mol. The van der Waals surface area contributed by atoms with Gasteiger partial charge >= 0.3 is 0 Å². The average molecular weight is 477 g/mol. The van der Waals surface area contributed by atoms with Crippen molar-refractivity contribution in [3.63, 3.8) is 0 Å². The first-order valence-corrected chi connectivity index (χ1v) is 11.2. The minimum absolute atomic E-state index is 0.0224. The van der Waals surface area contributed by atoms with Crippen molar-refractivity contribution >= 4 is 49.8 Å². The number of anilines is 2. The van der Waals surface area contributed by atoms with Gasteiger partial charge in [-0.1, -0.05) is 11.6 Å². The zero-order valence-corrected chi connectivity index (χ0v) is 18.8. The Labute approximate surface area is 187 Å². The summed E-state index contributed by atoms with van der Waals surface area (Å²) >= 11 is 5.77. The lowest BCUT2D eigenvalue weighted by molar-refractivity contribution is 0.101. The zero-order chi connectivity index (χ0) is 23.2. The molecule has 32 heavy (non-hydrogen) atoms. The lowest BCUT2D eigenvalue weighted by Crippen LogP contribution is -2.17. The van der Waals surface area contributed by atoms with E-state index >= 15 is 0 Å². The number of hydrogen-bond acceptors (Lipinski definition) is 5. The van der Waals surface area contributed by atoms with Gasteiger partial charge in [-0.15, -0.1) is 0 Å². The third-order valence-corrected chi connectivity index (χ3v) is 6.66. The van der Waals surface area contributed by atoms with Gasteiger partial charge in [0.15, 0.2) is 5.03 Å². The van der Waals surface area contributed by atoms with Crippen LogP contribution in [0.15, 0.2) is 47.6 Å². The van der Waals surface area contributed by atoms with Gasteiger partial charge in [0.1, 0.15) is 17.3 Å². The first kappa shape index (κ1) is 21.8. The molecule has 0 aliphatic heterocycles. The van der Waals surface area contributed by atoms with Gasteiger partial charge in [-0.3, -0.25) is 14.2 Å². The molecule has 2 aromatic carbocycles. The van der Waals surface area contributed by atoms with Gasteiger partial charge in [0.2, 0.25) is 0 Å². The maximum absolute atomic E-state index is 13.4. The van der Waals surface area contributed by atoms with E-state index in [0.29, 0.717) is 22.4 Å². The third-order valence-electron chi connectivity index (χ3n) is 4.93. The normalized spacial score (nSPS) is 11.7. The molecule has 0 bridgehead atoms. The van der Waals surface area contributed by atoms with E-state index in [1.54, 1.807) is 27.1 Å². The summed E-state index contributed by atoms with van der Waals surface area (Å²) in [5, 5.41) is 7.39. The van der Waals surface area contributed by atoms with Gasteiger partial charge in [-0.2, -0.15) is 13.5 Å². The molecule has 0 spiro atoms. The molecule has 2 heterocycles. The molecule has 0 aliphatic carbocycles. The second-order valence-electron chi connectivity index (χ2n) is 7.10. The van der Waals surface area contributed by atoms with Gasteiger partial charge in [0, 0.05) is 25.2 Å². The molecule has 0 unspecified atom stereocenters. The Balaban J connectivity index is 1.63. The lowest BCUT2D eigenvalue weighted by atomic mass is 10.2. The Morgan fingerprint density at radius 3 is 2.50 bits per heavy atom. The molecular formula is C20H18ClFN6O3S. The number of sulfonamides is 1. The van der Waals surface area contributed by atoms with Crippen LogP contribution in [0.25, 0.3) is 10.9 Å². The van der Waals surface area contributed by atoms with E-state index in [-0.39, 0.29) is 21.4 Å². The molecule has 0 atom stereocenters. The highest BCUT2D eigenvalue weighted by atomic mass is 35.5. The Kier molecular flexibility index (Phi) is 5.39. The van der Waals surface area contributed by atoms with Crippen LogP contribution in [0.3, 0.4) is 0 Å². The number of benzene rings is 2. The molecule has 2 aromatic heterocycles. The molecule has 4 rings (SSSR count). The van der Waals surface area contributed by atoms with Crippen LogP contribution in [-0.4, -0.2) is 33.7 Å². The average Bonchev–Trinajstić information content (AvgIpc) is 3.23. The predicted octanol–water partition coefficient (Wildman–Crippen LogP) is 3.46. The summed E-state index contributed by atoms with van der Waals surface area (Å²) in [4.78, 5) is 16.8. The minimum Gasteiger partial charge on any atom is -0.321 e. The van der Waals surface area contributed by atoms with Crippen molar-refractivity contribution < 1.29 is 17.6 Å². The number of amides is 1. The number of rotatable bonds is 5. The van der Waals surface area contributed by atoms with E-state index < -0.39 is 21.7 Å². The number of aromatic nitrogens is 4. The molecule has 0 aliphatic rings. The Hall–Kier alpha value is -3.44. The fraction of sp³-hybridized carbons (Fsp3) is 0.150. The van der Waals surface area contributed by atoms with Gasteiger partial charge < -0.3 is 9.88 Å². The van der Waals surface area contributed by atoms with E-state index in [1.807, 2.05) is 0 Å². The van der Waals surface area contributed by atoms with Crippen molar-refractivity contribution in [3.05, 3.63) is 65.0 Å². The van der Waals surface area contributed by atoms with Crippen LogP contribution in [0.5, 0.6) is 0 Å². The summed E-state index contributed by atoms with van der Waals surface area (Å²) in [5.74, 6) is -0.507. The highest BCUT2D eigenvalue weighted by Gasteiger charge is 2.22. The summed E-state index contributed by atoms with van der Waals surface area (Å²) in [6.45, 7) is 1.70. The third kappa shape index (κ3) is 3.92. The number of nitrogens with one attached hydrogen (secondary N) is 2. The van der Waals surface area contributed by atoms with Gasteiger partial charge in [-0.05, 0) is 43.3 Å². The number of carbonyl (C=O) groups is 1. The van der Waals surface area contributed by atoms with E-state index in [9.17, 15) is 17.6 Å². The highest BCUT2D eigenvalue weighted by Crippen LogP contribution is 2.25. The highest BCUT2D eigenvalue weighted by molar-refractivity contribution is 7.92. The SMILES string of the molecule is Cc1ncc(S(=O)(=O)Nc2ccc3c(C(=O)Nc4ccc(F)c(Cl)c4)n(C)nc3c2)n1C. The number of hydrogen-bond donors (Lipinski definition) is 2. The van der Waals surface area contributed by atoms with Gasteiger partial charge in [0.25, 0.3) is 15.9 Å². The number of halogens is 2. The van der Waals surface area contributed by atoms with Crippen LogP contribution in [0.1, 0.15) is 16.3 Å². The number of nitrogens with zero attached hydrogens (tertiary/aromatic N) is 4. The standard InChI is InChI=1S/C20H18ClFN6O3S/c1-11-23-10-18(27(11)2)32(30,31)26-13-4-6-14-17(9-13)25-28(3)19(14)20(29)24-12-5-7-16(22)15(21)8-12/h4-10,26H,1-3H3,(H,24,29). The topological polar surface area (TPSA) is 111 Å². The van der Waals surface area contributed by atoms with Crippen molar-refractivity contribution in [3.8, 4) is 0 Å². The first-order chi connectivity index (χ1) is 15.1. The Bertz CT molecular complexity index is 1480. The quantitative estimate of drug-likeness (QED) is 0.458. The van der Waals surface area contributed by atoms with Crippen molar-refractivity contribution in [2.24, 2.45) is 14.1 Å². The Morgan fingerprint density at radius 2 is 1.84 bits per heavy atom. The smallest absolute Gasteiger partial charge is 0.279 e. The summed E-state index contributed by atoms with van der Waals surface area (Å²) in [6, 6.07) is 8.52. The monoisotopic (exact) mass is 476 g/mol. The number of aryl methyl sites for hydroxylation is 2. The largest absolute Gasteiger partial charge is 0.321 e. The molecule has 1 amide bonds. The fourth-order valence-corrected chi connectivity index (χ4v) is 4.64.